The van der Waals surface area contributed by atoms with E-state index in [9.17, 15) is 0 Å². The van der Waals surface area contributed by atoms with Gasteiger partial charge in [0.05, 0.1) is 29.0 Å². The van der Waals surface area contributed by atoms with E-state index in [4.69, 9.17) is 15.1 Å². The monoisotopic (exact) mass is 421 g/mol. The van der Waals surface area contributed by atoms with Gasteiger partial charge in [0.15, 0.2) is 11.5 Å². The van der Waals surface area contributed by atoms with Gasteiger partial charge in [-0.25, -0.2) is 14.5 Å². The number of aryl methyl sites for hydroxylation is 3. The third kappa shape index (κ3) is 4.50. The topological polar surface area (TPSA) is 71.2 Å². The zero-order valence-corrected chi connectivity index (χ0v) is 19.6. The Bertz CT molecular complexity index is 1040. The van der Waals surface area contributed by atoms with Gasteiger partial charge in [-0.15, -0.1) is 5.10 Å². The van der Waals surface area contributed by atoms with Crippen molar-refractivity contribution >= 4 is 17.2 Å². The van der Waals surface area contributed by atoms with Crippen molar-refractivity contribution in [2.45, 2.75) is 79.2 Å². The highest BCUT2D eigenvalue weighted by Crippen LogP contribution is 2.29. The second kappa shape index (κ2) is 9.20. The lowest BCUT2D eigenvalue weighted by atomic mass is 10.1. The van der Waals surface area contributed by atoms with Crippen molar-refractivity contribution < 1.29 is 0 Å². The fourth-order valence-corrected chi connectivity index (χ4v) is 4.45. The standard InChI is InChI=1S/C24H35N7/c1-6-10-19(11-7-2)27-20-14-22(30-12-8-9-13-30)29-31-15-21(28-24(20)31)23-18(5)25-16(3)17(4)26-23/h14-15,19,27H,6-13H2,1-5H3. The van der Waals surface area contributed by atoms with E-state index in [0.717, 1.165) is 84.4 Å². The first-order valence-corrected chi connectivity index (χ1v) is 11.7. The Morgan fingerprint density at radius 1 is 0.935 bits per heavy atom. The molecule has 0 aliphatic carbocycles. The predicted octanol–water partition coefficient (Wildman–Crippen LogP) is 5.09. The molecule has 1 aliphatic heterocycles. The van der Waals surface area contributed by atoms with Crippen LogP contribution in [0.25, 0.3) is 17.0 Å². The molecule has 0 bridgehead atoms. The molecular formula is C24H35N7. The summed E-state index contributed by atoms with van der Waals surface area (Å²) in [6, 6.07) is 2.63. The van der Waals surface area contributed by atoms with Gasteiger partial charge in [0, 0.05) is 25.2 Å². The minimum absolute atomic E-state index is 0.441. The minimum atomic E-state index is 0.441. The number of nitrogens with zero attached hydrogens (tertiary/aromatic N) is 6. The van der Waals surface area contributed by atoms with Gasteiger partial charge in [-0.1, -0.05) is 26.7 Å². The molecule has 1 aliphatic rings. The zero-order valence-electron chi connectivity index (χ0n) is 19.6. The molecule has 1 fully saturated rings. The highest BCUT2D eigenvalue weighted by molar-refractivity contribution is 5.74. The Labute approximate surface area is 185 Å². The Balaban J connectivity index is 1.81. The van der Waals surface area contributed by atoms with Gasteiger partial charge in [-0.05, 0) is 46.5 Å². The van der Waals surface area contributed by atoms with Crippen LogP contribution in [0.3, 0.4) is 0 Å². The van der Waals surface area contributed by atoms with Crippen molar-refractivity contribution in [2.24, 2.45) is 0 Å². The molecule has 0 radical (unpaired) electrons. The van der Waals surface area contributed by atoms with Gasteiger partial charge in [0.2, 0.25) is 0 Å². The van der Waals surface area contributed by atoms with Crippen LogP contribution in [0.4, 0.5) is 11.5 Å². The van der Waals surface area contributed by atoms with Crippen molar-refractivity contribution in [3.8, 4) is 11.4 Å². The Hall–Kier alpha value is -2.70. The number of aromatic nitrogens is 5. The molecule has 31 heavy (non-hydrogen) atoms. The summed E-state index contributed by atoms with van der Waals surface area (Å²) in [7, 11) is 0. The lowest BCUT2D eigenvalue weighted by molar-refractivity contribution is 0.586. The van der Waals surface area contributed by atoms with E-state index >= 15 is 0 Å². The number of rotatable bonds is 8. The Kier molecular flexibility index (Phi) is 6.39. The molecule has 0 saturated carbocycles. The molecule has 0 amide bonds. The van der Waals surface area contributed by atoms with Crippen molar-refractivity contribution in [3.63, 3.8) is 0 Å². The number of imidazole rings is 1. The Morgan fingerprint density at radius 2 is 1.61 bits per heavy atom. The lowest BCUT2D eigenvalue weighted by Gasteiger charge is -2.22. The summed E-state index contributed by atoms with van der Waals surface area (Å²) in [6.45, 7) is 12.6. The second-order valence-corrected chi connectivity index (χ2v) is 8.75. The van der Waals surface area contributed by atoms with Crippen LogP contribution >= 0.6 is 0 Å². The second-order valence-electron chi connectivity index (χ2n) is 8.75. The lowest BCUT2D eigenvalue weighted by Crippen LogP contribution is -2.23. The minimum Gasteiger partial charge on any atom is -0.379 e. The third-order valence-corrected chi connectivity index (χ3v) is 6.20. The van der Waals surface area contributed by atoms with E-state index in [-0.39, 0.29) is 0 Å². The van der Waals surface area contributed by atoms with Gasteiger partial charge >= 0.3 is 0 Å². The van der Waals surface area contributed by atoms with Crippen LogP contribution in [0.15, 0.2) is 12.3 Å². The van der Waals surface area contributed by atoms with Crippen molar-refractivity contribution in [1.29, 1.82) is 0 Å². The average molecular weight is 422 g/mol. The van der Waals surface area contributed by atoms with Crippen LogP contribution in [0, 0.1) is 20.8 Å². The number of nitrogens with one attached hydrogen (secondary N) is 1. The van der Waals surface area contributed by atoms with Gasteiger partial charge in [-0.2, -0.15) is 0 Å². The molecule has 0 unspecified atom stereocenters. The maximum atomic E-state index is 4.97. The molecule has 166 valence electrons. The Morgan fingerprint density at radius 3 is 2.29 bits per heavy atom. The molecule has 7 heteroatoms. The molecule has 3 aromatic heterocycles. The SMILES string of the molecule is CCCC(CCC)Nc1cc(N2CCCC2)nn2cc(-c3nc(C)c(C)nc3C)nc12. The maximum Gasteiger partial charge on any atom is 0.177 e. The summed E-state index contributed by atoms with van der Waals surface area (Å²) in [6.07, 6.45) is 9.07. The van der Waals surface area contributed by atoms with E-state index in [2.05, 4.69) is 35.1 Å². The van der Waals surface area contributed by atoms with E-state index in [1.165, 1.54) is 12.8 Å². The normalized spacial score (nSPS) is 14.2. The molecule has 0 atom stereocenters. The summed E-state index contributed by atoms with van der Waals surface area (Å²) in [5.41, 5.74) is 6.37. The quantitative estimate of drug-likeness (QED) is 0.546. The largest absolute Gasteiger partial charge is 0.379 e. The van der Waals surface area contributed by atoms with Crippen LogP contribution in [0.2, 0.25) is 0 Å². The first-order valence-electron chi connectivity index (χ1n) is 11.7. The van der Waals surface area contributed by atoms with Crippen LogP contribution in [0.5, 0.6) is 0 Å². The van der Waals surface area contributed by atoms with Crippen LogP contribution < -0.4 is 10.2 Å². The fraction of sp³-hybridized carbons (Fsp3) is 0.583. The van der Waals surface area contributed by atoms with Gasteiger partial charge in [-0.3, -0.25) is 4.98 Å². The van der Waals surface area contributed by atoms with Crippen LogP contribution in [0.1, 0.15) is 69.5 Å². The first kappa shape index (κ1) is 21.5. The molecule has 4 heterocycles. The van der Waals surface area contributed by atoms with Crippen molar-refractivity contribution in [1.82, 2.24) is 24.6 Å². The number of anilines is 2. The van der Waals surface area contributed by atoms with E-state index in [1.807, 2.05) is 31.5 Å². The summed E-state index contributed by atoms with van der Waals surface area (Å²) in [5.74, 6) is 1.02. The molecule has 0 aromatic carbocycles. The van der Waals surface area contributed by atoms with Crippen LogP contribution in [-0.2, 0) is 0 Å². The van der Waals surface area contributed by atoms with Crippen molar-refractivity contribution in [2.75, 3.05) is 23.3 Å². The van der Waals surface area contributed by atoms with Crippen molar-refractivity contribution in [3.05, 3.63) is 29.3 Å². The highest BCUT2D eigenvalue weighted by atomic mass is 15.3. The average Bonchev–Trinajstić information content (AvgIpc) is 3.41. The zero-order chi connectivity index (χ0) is 22.0. The summed E-state index contributed by atoms with van der Waals surface area (Å²) in [4.78, 5) is 16.8. The first-order chi connectivity index (χ1) is 15.0. The third-order valence-electron chi connectivity index (χ3n) is 6.20. The summed E-state index contributed by atoms with van der Waals surface area (Å²) >= 11 is 0. The summed E-state index contributed by atoms with van der Waals surface area (Å²) < 4.78 is 1.93. The molecule has 1 saturated heterocycles. The fourth-order valence-electron chi connectivity index (χ4n) is 4.45. The smallest absolute Gasteiger partial charge is 0.177 e. The summed E-state index contributed by atoms with van der Waals surface area (Å²) in [5, 5.41) is 8.73. The molecule has 0 spiro atoms. The number of hydrogen-bond acceptors (Lipinski definition) is 6. The van der Waals surface area contributed by atoms with E-state index in [1.54, 1.807) is 0 Å². The molecule has 1 N–H and O–H groups in total. The highest BCUT2D eigenvalue weighted by Gasteiger charge is 2.20. The number of hydrogen-bond donors (Lipinski definition) is 1. The van der Waals surface area contributed by atoms with Gasteiger partial charge < -0.3 is 10.2 Å². The molecule has 4 rings (SSSR count). The van der Waals surface area contributed by atoms with Gasteiger partial charge in [0.1, 0.15) is 11.4 Å². The maximum absolute atomic E-state index is 4.97. The van der Waals surface area contributed by atoms with E-state index in [0.29, 0.717) is 6.04 Å². The molecule has 3 aromatic rings. The predicted molar refractivity (Wildman–Crippen MR) is 127 cm³/mol. The van der Waals surface area contributed by atoms with Crippen LogP contribution in [-0.4, -0.2) is 43.7 Å². The van der Waals surface area contributed by atoms with Gasteiger partial charge in [0.25, 0.3) is 0 Å². The molecular weight excluding hydrogens is 386 g/mol. The van der Waals surface area contributed by atoms with E-state index < -0.39 is 0 Å². The molecule has 7 nitrogen and oxygen atoms in total. The number of fused-ring (bicyclic) bond motifs is 1.